The lowest BCUT2D eigenvalue weighted by molar-refractivity contribution is 0.173. The van der Waals surface area contributed by atoms with Gasteiger partial charge in [0.2, 0.25) is 11.8 Å². The third-order valence-corrected chi connectivity index (χ3v) is 4.15. The van der Waals surface area contributed by atoms with Crippen LogP contribution in [-0.2, 0) is 6.61 Å². The topological polar surface area (TPSA) is 70.8 Å². The summed E-state index contributed by atoms with van der Waals surface area (Å²) in [7, 11) is 0. The molecule has 0 N–H and O–H groups in total. The van der Waals surface area contributed by atoms with Crippen LogP contribution in [0.3, 0.4) is 0 Å². The van der Waals surface area contributed by atoms with E-state index in [1.54, 1.807) is 4.52 Å². The van der Waals surface area contributed by atoms with Crippen molar-refractivity contribution in [3.05, 3.63) is 29.0 Å². The Kier molecular flexibility index (Phi) is 3.11. The van der Waals surface area contributed by atoms with E-state index in [1.807, 2.05) is 18.2 Å². The Hall–Kier alpha value is -2.35. The fourth-order valence-corrected chi connectivity index (χ4v) is 2.96. The molecule has 7 nitrogen and oxygen atoms in total. The van der Waals surface area contributed by atoms with Gasteiger partial charge in [0.15, 0.2) is 22.3 Å². The maximum atomic E-state index is 5.77. The van der Waals surface area contributed by atoms with Crippen molar-refractivity contribution in [2.75, 3.05) is 6.79 Å². The van der Waals surface area contributed by atoms with Crippen molar-refractivity contribution in [3.63, 3.8) is 0 Å². The molecule has 0 radical (unpaired) electrons. The molecule has 3 aromatic rings. The maximum absolute atomic E-state index is 5.77. The van der Waals surface area contributed by atoms with Crippen LogP contribution in [0.4, 0.5) is 0 Å². The number of nitrogens with zero attached hydrogens (tertiary/aromatic N) is 4. The molecule has 0 saturated carbocycles. The van der Waals surface area contributed by atoms with E-state index in [9.17, 15) is 0 Å². The predicted molar refractivity (Wildman–Crippen MR) is 79.6 cm³/mol. The first-order valence-corrected chi connectivity index (χ1v) is 7.76. The minimum Gasteiger partial charge on any atom is -0.486 e. The van der Waals surface area contributed by atoms with Crippen LogP contribution in [0.15, 0.2) is 18.2 Å². The van der Waals surface area contributed by atoms with Gasteiger partial charge >= 0.3 is 0 Å². The second-order valence-electron chi connectivity index (χ2n) is 5.21. The van der Waals surface area contributed by atoms with Crippen molar-refractivity contribution in [1.82, 2.24) is 19.8 Å². The van der Waals surface area contributed by atoms with E-state index in [0.29, 0.717) is 12.4 Å². The van der Waals surface area contributed by atoms with Crippen LogP contribution >= 0.6 is 11.3 Å². The third-order valence-electron chi connectivity index (χ3n) is 3.28. The fraction of sp³-hybridized carbons (Fsp3) is 0.357. The minimum atomic E-state index is 0.257. The van der Waals surface area contributed by atoms with Crippen LogP contribution in [-0.4, -0.2) is 26.6 Å². The number of rotatable bonds is 4. The van der Waals surface area contributed by atoms with Crippen molar-refractivity contribution in [1.29, 1.82) is 0 Å². The molecule has 22 heavy (non-hydrogen) atoms. The zero-order valence-corrected chi connectivity index (χ0v) is 13.0. The summed E-state index contributed by atoms with van der Waals surface area (Å²) in [5.74, 6) is 3.31. The Morgan fingerprint density at radius 3 is 3.00 bits per heavy atom. The minimum absolute atomic E-state index is 0.257. The Balaban J connectivity index is 1.51. The van der Waals surface area contributed by atoms with Crippen LogP contribution in [0.25, 0.3) is 4.96 Å². The third kappa shape index (κ3) is 2.25. The molecule has 0 amide bonds. The molecule has 0 spiro atoms. The standard InChI is InChI=1S/C14H14N4O3S/c1-8(2)13-15-16-14-18(13)17-12(22-14)6-19-9-3-4-10-11(5-9)21-7-20-10/h3-5,8H,6-7H2,1-2H3. The molecule has 0 saturated heterocycles. The zero-order valence-electron chi connectivity index (χ0n) is 12.1. The molecule has 2 aromatic heterocycles. The molecule has 0 bridgehead atoms. The highest BCUT2D eigenvalue weighted by molar-refractivity contribution is 7.16. The molecule has 0 atom stereocenters. The van der Waals surface area contributed by atoms with Crippen LogP contribution in [0.1, 0.15) is 30.6 Å². The van der Waals surface area contributed by atoms with Gasteiger partial charge in [-0.15, -0.1) is 10.2 Å². The van der Waals surface area contributed by atoms with Crippen LogP contribution < -0.4 is 14.2 Å². The smallest absolute Gasteiger partial charge is 0.234 e. The fourth-order valence-electron chi connectivity index (χ4n) is 2.20. The molecular formula is C14H14N4O3S. The van der Waals surface area contributed by atoms with E-state index in [0.717, 1.165) is 27.3 Å². The Bertz CT molecular complexity index is 827. The molecule has 8 heteroatoms. The van der Waals surface area contributed by atoms with Crippen LogP contribution in [0.5, 0.6) is 17.2 Å². The van der Waals surface area contributed by atoms with Gasteiger partial charge in [-0.05, 0) is 12.1 Å². The lowest BCUT2D eigenvalue weighted by Crippen LogP contribution is -2.00. The van der Waals surface area contributed by atoms with Crippen LogP contribution in [0, 0.1) is 0 Å². The number of aromatic nitrogens is 4. The van der Waals surface area contributed by atoms with Crippen molar-refractivity contribution in [3.8, 4) is 17.2 Å². The summed E-state index contributed by atoms with van der Waals surface area (Å²) < 4.78 is 18.2. The number of ether oxygens (including phenoxy) is 3. The van der Waals surface area contributed by atoms with Gasteiger partial charge in [-0.2, -0.15) is 9.61 Å². The van der Waals surface area contributed by atoms with Crippen LogP contribution in [0.2, 0.25) is 0 Å². The molecule has 4 rings (SSSR count). The van der Waals surface area contributed by atoms with Gasteiger partial charge in [-0.25, -0.2) is 0 Å². The van der Waals surface area contributed by atoms with E-state index in [1.165, 1.54) is 11.3 Å². The monoisotopic (exact) mass is 318 g/mol. The molecule has 1 aromatic carbocycles. The van der Waals surface area contributed by atoms with Gasteiger partial charge < -0.3 is 14.2 Å². The normalized spacial score (nSPS) is 13.2. The Labute approximate surface area is 130 Å². The second kappa shape index (κ2) is 5.13. The largest absolute Gasteiger partial charge is 0.486 e. The van der Waals surface area contributed by atoms with E-state index < -0.39 is 0 Å². The summed E-state index contributed by atoms with van der Waals surface area (Å²) in [6.07, 6.45) is 0. The molecule has 0 fully saturated rings. The highest BCUT2D eigenvalue weighted by Crippen LogP contribution is 2.35. The molecule has 0 unspecified atom stereocenters. The van der Waals surface area contributed by atoms with Gasteiger partial charge in [0.05, 0.1) is 0 Å². The summed E-state index contributed by atoms with van der Waals surface area (Å²) in [6.45, 7) is 4.77. The summed E-state index contributed by atoms with van der Waals surface area (Å²) in [5, 5.41) is 13.6. The van der Waals surface area contributed by atoms with Gasteiger partial charge in [-0.1, -0.05) is 25.2 Å². The zero-order chi connectivity index (χ0) is 15.1. The number of fused-ring (bicyclic) bond motifs is 2. The van der Waals surface area contributed by atoms with Crippen molar-refractivity contribution < 1.29 is 14.2 Å². The molecule has 1 aliphatic heterocycles. The average molecular weight is 318 g/mol. The Morgan fingerprint density at radius 2 is 2.14 bits per heavy atom. The van der Waals surface area contributed by atoms with E-state index >= 15 is 0 Å². The van der Waals surface area contributed by atoms with E-state index in [-0.39, 0.29) is 12.7 Å². The highest BCUT2D eigenvalue weighted by Gasteiger charge is 2.16. The van der Waals surface area contributed by atoms with Crippen molar-refractivity contribution >= 4 is 16.3 Å². The first kappa shape index (κ1) is 13.3. The summed E-state index contributed by atoms with van der Waals surface area (Å²) in [5.41, 5.74) is 0. The number of hydrogen-bond donors (Lipinski definition) is 0. The van der Waals surface area contributed by atoms with Crippen molar-refractivity contribution in [2.24, 2.45) is 0 Å². The molecule has 114 valence electrons. The van der Waals surface area contributed by atoms with Gasteiger partial charge in [0.25, 0.3) is 0 Å². The maximum Gasteiger partial charge on any atom is 0.234 e. The number of benzene rings is 1. The summed E-state index contributed by atoms with van der Waals surface area (Å²) in [4.78, 5) is 0.785. The second-order valence-corrected chi connectivity index (χ2v) is 6.25. The van der Waals surface area contributed by atoms with Gasteiger partial charge in [0, 0.05) is 12.0 Å². The van der Waals surface area contributed by atoms with Crippen molar-refractivity contribution in [2.45, 2.75) is 26.4 Å². The predicted octanol–water partition coefficient (Wildman–Crippen LogP) is 2.62. The highest BCUT2D eigenvalue weighted by atomic mass is 32.1. The summed E-state index contributed by atoms with van der Waals surface area (Å²) >= 11 is 1.48. The van der Waals surface area contributed by atoms with E-state index in [2.05, 4.69) is 29.1 Å². The van der Waals surface area contributed by atoms with E-state index in [4.69, 9.17) is 14.2 Å². The first-order valence-electron chi connectivity index (χ1n) is 6.94. The average Bonchev–Trinajstić information content (AvgIpc) is 3.18. The number of hydrogen-bond acceptors (Lipinski definition) is 7. The lowest BCUT2D eigenvalue weighted by atomic mass is 10.2. The van der Waals surface area contributed by atoms with Gasteiger partial charge in [-0.3, -0.25) is 0 Å². The molecule has 0 aliphatic carbocycles. The SMILES string of the molecule is CC(C)c1nnc2sc(COc3ccc4c(c3)OCO4)nn12. The first-order chi connectivity index (χ1) is 10.7. The Morgan fingerprint density at radius 1 is 1.27 bits per heavy atom. The molecule has 3 heterocycles. The lowest BCUT2D eigenvalue weighted by Gasteiger charge is -2.04. The molecular weight excluding hydrogens is 304 g/mol. The molecule has 1 aliphatic rings. The van der Waals surface area contributed by atoms with Gasteiger partial charge in [0.1, 0.15) is 12.4 Å². The summed E-state index contributed by atoms with van der Waals surface area (Å²) in [6, 6.07) is 5.52. The quantitative estimate of drug-likeness (QED) is 0.736.